The van der Waals surface area contributed by atoms with Gasteiger partial charge in [0, 0.05) is 11.1 Å². The fourth-order valence-corrected chi connectivity index (χ4v) is 1.08. The first-order valence-corrected chi connectivity index (χ1v) is 4.33. The van der Waals surface area contributed by atoms with Crippen molar-refractivity contribution < 1.29 is 9.59 Å². The van der Waals surface area contributed by atoms with E-state index in [-0.39, 0.29) is 5.96 Å². The molecule has 0 radical (unpaired) electrons. The Bertz CT molecular complexity index is 436. The number of hydrogen-bond acceptors (Lipinski definition) is 4. The highest BCUT2D eigenvalue weighted by atomic mass is 16.1. The molecule has 0 aromatic heterocycles. The molecular weight excluding hydrogens is 208 g/mol. The van der Waals surface area contributed by atoms with Gasteiger partial charge in [0.05, 0.1) is 6.21 Å². The molecule has 6 heteroatoms. The van der Waals surface area contributed by atoms with Crippen molar-refractivity contribution >= 4 is 24.7 Å². The molecule has 82 valence electrons. The van der Waals surface area contributed by atoms with Crippen LogP contribution in [0.15, 0.2) is 28.4 Å². The van der Waals surface area contributed by atoms with Gasteiger partial charge in [-0.3, -0.25) is 9.59 Å². The Morgan fingerprint density at radius 2 is 1.50 bits per heavy atom. The molecule has 0 heterocycles. The van der Waals surface area contributed by atoms with Gasteiger partial charge in [-0.05, 0) is 23.8 Å². The predicted octanol–water partition coefficient (Wildman–Crippen LogP) is -0.0811. The molecule has 0 unspecified atom stereocenters. The average molecular weight is 218 g/mol. The maximum absolute atomic E-state index is 10.6. The van der Waals surface area contributed by atoms with Crippen molar-refractivity contribution in [3.8, 4) is 0 Å². The minimum Gasteiger partial charge on any atom is -0.369 e. The van der Waals surface area contributed by atoms with Crippen LogP contribution in [0.1, 0.15) is 26.3 Å². The maximum Gasteiger partial charge on any atom is 0.211 e. The van der Waals surface area contributed by atoms with Crippen LogP contribution in [-0.2, 0) is 0 Å². The molecule has 0 aliphatic heterocycles. The van der Waals surface area contributed by atoms with E-state index in [1.165, 1.54) is 12.3 Å². The van der Waals surface area contributed by atoms with Gasteiger partial charge in [-0.25, -0.2) is 0 Å². The highest BCUT2D eigenvalue weighted by Gasteiger charge is 1.97. The zero-order valence-corrected chi connectivity index (χ0v) is 8.33. The van der Waals surface area contributed by atoms with Crippen molar-refractivity contribution in [1.82, 2.24) is 0 Å². The third-order valence-corrected chi connectivity index (χ3v) is 1.65. The van der Waals surface area contributed by atoms with E-state index in [0.717, 1.165) is 0 Å². The SMILES string of the molecule is NC(N)=NN=Cc1cc(C=O)cc(C=O)c1. The lowest BCUT2D eigenvalue weighted by Gasteiger charge is -1.96. The molecule has 0 saturated carbocycles. The molecule has 6 nitrogen and oxygen atoms in total. The van der Waals surface area contributed by atoms with Crippen molar-refractivity contribution in [3.05, 3.63) is 34.9 Å². The van der Waals surface area contributed by atoms with E-state index < -0.39 is 0 Å². The second-order valence-electron chi connectivity index (χ2n) is 2.94. The quantitative estimate of drug-likeness (QED) is 0.318. The van der Waals surface area contributed by atoms with Crippen LogP contribution in [0.4, 0.5) is 0 Å². The third-order valence-electron chi connectivity index (χ3n) is 1.65. The van der Waals surface area contributed by atoms with Gasteiger partial charge in [0.25, 0.3) is 0 Å². The fraction of sp³-hybridized carbons (Fsp3) is 0. The Hall–Kier alpha value is -2.50. The zero-order chi connectivity index (χ0) is 12.0. The molecule has 1 aromatic carbocycles. The van der Waals surface area contributed by atoms with Crippen molar-refractivity contribution in [3.63, 3.8) is 0 Å². The standard InChI is InChI=1S/C10H10N4O2/c11-10(12)14-13-4-7-1-8(5-15)3-9(2-7)6-16/h1-6H,(H4,11,12,14). The Balaban J connectivity index is 3.04. The van der Waals surface area contributed by atoms with E-state index in [1.807, 2.05) is 0 Å². The fourth-order valence-electron chi connectivity index (χ4n) is 1.08. The molecule has 1 aromatic rings. The summed E-state index contributed by atoms with van der Waals surface area (Å²) < 4.78 is 0. The first-order valence-electron chi connectivity index (χ1n) is 4.33. The molecule has 0 aliphatic carbocycles. The van der Waals surface area contributed by atoms with Gasteiger partial charge >= 0.3 is 0 Å². The summed E-state index contributed by atoms with van der Waals surface area (Å²) in [6, 6.07) is 4.59. The summed E-state index contributed by atoms with van der Waals surface area (Å²) in [5.74, 6) is -0.168. The van der Waals surface area contributed by atoms with Crippen LogP contribution in [-0.4, -0.2) is 24.7 Å². The van der Waals surface area contributed by atoms with E-state index in [1.54, 1.807) is 12.1 Å². The zero-order valence-electron chi connectivity index (χ0n) is 8.33. The minimum absolute atomic E-state index is 0.168. The normalized spacial score (nSPS) is 10.0. The summed E-state index contributed by atoms with van der Waals surface area (Å²) in [5.41, 5.74) is 11.5. The van der Waals surface area contributed by atoms with Crippen LogP contribution in [0.3, 0.4) is 0 Å². The molecule has 0 fully saturated rings. The lowest BCUT2D eigenvalue weighted by molar-refractivity contribution is 0.112. The molecular formula is C10H10N4O2. The molecule has 1 rings (SSSR count). The van der Waals surface area contributed by atoms with E-state index in [9.17, 15) is 9.59 Å². The molecule has 0 aliphatic rings. The maximum atomic E-state index is 10.6. The van der Waals surface area contributed by atoms with Crippen LogP contribution < -0.4 is 11.5 Å². The Morgan fingerprint density at radius 1 is 1.00 bits per heavy atom. The summed E-state index contributed by atoms with van der Waals surface area (Å²) in [6.45, 7) is 0. The van der Waals surface area contributed by atoms with Crippen LogP contribution in [0.25, 0.3) is 0 Å². The van der Waals surface area contributed by atoms with Crippen LogP contribution in [0.2, 0.25) is 0 Å². The molecule has 16 heavy (non-hydrogen) atoms. The molecule has 0 amide bonds. The Labute approximate surface area is 91.7 Å². The second kappa shape index (κ2) is 5.40. The number of benzene rings is 1. The number of carbonyl (C=O) groups excluding carboxylic acids is 2. The largest absolute Gasteiger partial charge is 0.369 e. The summed E-state index contributed by atoms with van der Waals surface area (Å²) in [7, 11) is 0. The van der Waals surface area contributed by atoms with E-state index in [0.29, 0.717) is 29.3 Å². The van der Waals surface area contributed by atoms with Gasteiger partial charge in [-0.15, -0.1) is 5.10 Å². The van der Waals surface area contributed by atoms with E-state index >= 15 is 0 Å². The van der Waals surface area contributed by atoms with E-state index in [4.69, 9.17) is 11.5 Å². The van der Waals surface area contributed by atoms with Gasteiger partial charge in [0.15, 0.2) is 0 Å². The van der Waals surface area contributed by atoms with Gasteiger partial charge in [-0.1, -0.05) is 0 Å². The highest BCUT2D eigenvalue weighted by molar-refractivity contribution is 5.89. The van der Waals surface area contributed by atoms with Crippen molar-refractivity contribution in [1.29, 1.82) is 0 Å². The molecule has 4 N–H and O–H groups in total. The van der Waals surface area contributed by atoms with Crippen LogP contribution in [0.5, 0.6) is 0 Å². The average Bonchev–Trinajstić information content (AvgIpc) is 2.28. The van der Waals surface area contributed by atoms with Gasteiger partial charge in [0.2, 0.25) is 5.96 Å². The lowest BCUT2D eigenvalue weighted by Crippen LogP contribution is -2.21. The van der Waals surface area contributed by atoms with E-state index in [2.05, 4.69) is 10.2 Å². The number of rotatable bonds is 4. The monoisotopic (exact) mass is 218 g/mol. The number of nitrogens with two attached hydrogens (primary N) is 2. The van der Waals surface area contributed by atoms with Crippen molar-refractivity contribution in [2.45, 2.75) is 0 Å². The third kappa shape index (κ3) is 3.33. The molecule has 0 bridgehead atoms. The number of carbonyl (C=O) groups is 2. The van der Waals surface area contributed by atoms with Crippen molar-refractivity contribution in [2.24, 2.45) is 21.7 Å². The number of aldehydes is 2. The summed E-state index contributed by atoms with van der Waals surface area (Å²) in [4.78, 5) is 21.2. The number of nitrogens with zero attached hydrogens (tertiary/aromatic N) is 2. The predicted molar refractivity (Wildman–Crippen MR) is 60.6 cm³/mol. The summed E-state index contributed by atoms with van der Waals surface area (Å²) in [5, 5.41) is 6.97. The first-order chi connectivity index (χ1) is 7.65. The summed E-state index contributed by atoms with van der Waals surface area (Å²) >= 11 is 0. The second-order valence-corrected chi connectivity index (χ2v) is 2.94. The topological polar surface area (TPSA) is 111 Å². The molecule has 0 atom stereocenters. The van der Waals surface area contributed by atoms with Crippen molar-refractivity contribution in [2.75, 3.05) is 0 Å². The Kier molecular flexibility index (Phi) is 3.90. The highest BCUT2D eigenvalue weighted by Crippen LogP contribution is 2.05. The van der Waals surface area contributed by atoms with Crippen LogP contribution in [0, 0.1) is 0 Å². The Morgan fingerprint density at radius 3 is 1.94 bits per heavy atom. The van der Waals surface area contributed by atoms with Crippen LogP contribution >= 0.6 is 0 Å². The van der Waals surface area contributed by atoms with Gasteiger partial charge < -0.3 is 11.5 Å². The number of guanidine groups is 1. The first kappa shape index (κ1) is 11.6. The lowest BCUT2D eigenvalue weighted by atomic mass is 10.1. The number of hydrogen-bond donors (Lipinski definition) is 2. The minimum atomic E-state index is -0.168. The molecule has 0 saturated heterocycles. The molecule has 0 spiro atoms. The summed E-state index contributed by atoms with van der Waals surface area (Å²) in [6.07, 6.45) is 2.63. The van der Waals surface area contributed by atoms with Gasteiger partial charge in [-0.2, -0.15) is 5.10 Å². The smallest absolute Gasteiger partial charge is 0.211 e. The van der Waals surface area contributed by atoms with Gasteiger partial charge in [0.1, 0.15) is 12.6 Å².